The quantitative estimate of drug-likeness (QED) is 0.795. The number of aryl methyl sites for hydroxylation is 1. The lowest BCUT2D eigenvalue weighted by Gasteiger charge is -2.15. The lowest BCUT2D eigenvalue weighted by molar-refractivity contribution is 0.755. The molecule has 0 radical (unpaired) electrons. The molecule has 1 rings (SSSR count). The van der Waals surface area contributed by atoms with E-state index in [0.717, 1.165) is 29.9 Å². The van der Waals surface area contributed by atoms with Gasteiger partial charge in [0.25, 0.3) is 0 Å². The van der Waals surface area contributed by atoms with Crippen LogP contribution in [0.4, 0.5) is 5.82 Å². The molecule has 1 aromatic rings. The number of aliphatic imine (C=N–C) groups is 1. The summed E-state index contributed by atoms with van der Waals surface area (Å²) in [6.45, 7) is 10.3. The highest BCUT2D eigenvalue weighted by Gasteiger charge is 2.09. The minimum Gasteiger partial charge on any atom is -0.367 e. The Balaban J connectivity index is 3.07. The monoisotopic (exact) mass is 260 g/mol. The lowest BCUT2D eigenvalue weighted by atomic mass is 10.2. The lowest BCUT2D eigenvalue weighted by Crippen LogP contribution is -2.17. The summed E-state index contributed by atoms with van der Waals surface area (Å²) in [5.74, 6) is 1.61. The second kappa shape index (κ2) is 7.67. The van der Waals surface area contributed by atoms with Crippen LogP contribution in [0.25, 0.3) is 0 Å². The largest absolute Gasteiger partial charge is 0.367 e. The van der Waals surface area contributed by atoms with Gasteiger partial charge >= 0.3 is 0 Å². The first kappa shape index (κ1) is 15.3. The Morgan fingerprint density at radius 2 is 2.21 bits per heavy atom. The molecule has 19 heavy (non-hydrogen) atoms. The van der Waals surface area contributed by atoms with Crippen molar-refractivity contribution in [2.24, 2.45) is 4.99 Å². The van der Waals surface area contributed by atoms with Gasteiger partial charge in [0.2, 0.25) is 0 Å². The summed E-state index contributed by atoms with van der Waals surface area (Å²) in [6.07, 6.45) is 7.52. The van der Waals surface area contributed by atoms with Crippen molar-refractivity contribution in [2.75, 3.05) is 5.32 Å². The number of hydrogen-bond acceptors (Lipinski definition) is 4. The minimum absolute atomic E-state index is 0.404. The fraction of sp³-hybridized carbons (Fsp3) is 0.533. The topological polar surface area (TPSA) is 50.2 Å². The second-order valence-corrected chi connectivity index (χ2v) is 4.57. The highest BCUT2D eigenvalue weighted by atomic mass is 15.1. The number of nitrogens with zero attached hydrogens (tertiary/aromatic N) is 3. The number of anilines is 1. The van der Waals surface area contributed by atoms with Gasteiger partial charge in [-0.15, -0.1) is 0 Å². The smallest absolute Gasteiger partial charge is 0.175 e. The number of nitrogens with one attached hydrogen (secondary N) is 1. The van der Waals surface area contributed by atoms with Gasteiger partial charge in [-0.1, -0.05) is 19.9 Å². The van der Waals surface area contributed by atoms with Gasteiger partial charge in [0, 0.05) is 24.0 Å². The van der Waals surface area contributed by atoms with E-state index in [9.17, 15) is 0 Å². The van der Waals surface area contributed by atoms with Crippen molar-refractivity contribution in [3.63, 3.8) is 0 Å². The molecule has 1 aromatic heterocycles. The van der Waals surface area contributed by atoms with Crippen LogP contribution in [-0.4, -0.2) is 21.7 Å². The Bertz CT molecular complexity index is 463. The summed E-state index contributed by atoms with van der Waals surface area (Å²) in [5.41, 5.74) is 1.97. The SMILES string of the molecule is C/C=C\N=C(C)c1ncc(CC)c(N[C@H](C)CC)n1. The summed E-state index contributed by atoms with van der Waals surface area (Å²) in [6, 6.07) is 0.404. The standard InChI is InChI=1S/C15H24N4/c1-6-9-16-12(5)14-17-10-13(8-3)15(19-14)18-11(4)7-2/h6,9-11H,7-8H2,1-5H3,(H,17,18,19)/b9-6-,16-12?/t11-/m1/s1. The number of rotatable bonds is 6. The van der Waals surface area contributed by atoms with Crippen LogP contribution in [0.3, 0.4) is 0 Å². The van der Waals surface area contributed by atoms with Gasteiger partial charge in [0.15, 0.2) is 5.82 Å². The summed E-state index contributed by atoms with van der Waals surface area (Å²) in [4.78, 5) is 13.3. The molecule has 0 spiro atoms. The van der Waals surface area contributed by atoms with E-state index in [4.69, 9.17) is 0 Å². The zero-order valence-corrected chi connectivity index (χ0v) is 12.6. The van der Waals surface area contributed by atoms with Crippen LogP contribution in [0.15, 0.2) is 23.5 Å². The minimum atomic E-state index is 0.404. The molecule has 0 bridgehead atoms. The molecule has 0 aliphatic carbocycles. The molecule has 0 saturated carbocycles. The van der Waals surface area contributed by atoms with Gasteiger partial charge in [-0.05, 0) is 33.6 Å². The number of allylic oxidation sites excluding steroid dienone is 1. The van der Waals surface area contributed by atoms with Crippen molar-refractivity contribution >= 4 is 11.5 Å². The zero-order valence-electron chi connectivity index (χ0n) is 12.6. The van der Waals surface area contributed by atoms with Crippen molar-refractivity contribution in [3.05, 3.63) is 29.9 Å². The predicted octanol–water partition coefficient (Wildman–Crippen LogP) is 3.59. The molecule has 0 unspecified atom stereocenters. The molecule has 1 heterocycles. The summed E-state index contributed by atoms with van der Waals surface area (Å²) < 4.78 is 0. The third-order valence-corrected chi connectivity index (χ3v) is 2.98. The van der Waals surface area contributed by atoms with Gasteiger partial charge in [-0.2, -0.15) is 0 Å². The number of hydrogen-bond donors (Lipinski definition) is 1. The van der Waals surface area contributed by atoms with Gasteiger partial charge in [0.05, 0.1) is 5.71 Å². The van der Waals surface area contributed by atoms with Crippen LogP contribution in [0.1, 0.15) is 52.4 Å². The Morgan fingerprint density at radius 1 is 1.47 bits per heavy atom. The zero-order chi connectivity index (χ0) is 14.3. The van der Waals surface area contributed by atoms with Gasteiger partial charge < -0.3 is 5.32 Å². The van der Waals surface area contributed by atoms with E-state index in [-0.39, 0.29) is 0 Å². The fourth-order valence-corrected chi connectivity index (χ4v) is 1.54. The Morgan fingerprint density at radius 3 is 2.79 bits per heavy atom. The van der Waals surface area contributed by atoms with E-state index < -0.39 is 0 Å². The van der Waals surface area contributed by atoms with E-state index >= 15 is 0 Å². The van der Waals surface area contributed by atoms with Crippen molar-refractivity contribution < 1.29 is 0 Å². The van der Waals surface area contributed by atoms with E-state index in [1.54, 1.807) is 6.20 Å². The summed E-state index contributed by atoms with van der Waals surface area (Å²) in [5, 5.41) is 3.44. The van der Waals surface area contributed by atoms with Crippen LogP contribution < -0.4 is 5.32 Å². The highest BCUT2D eigenvalue weighted by molar-refractivity contribution is 5.95. The normalized spacial score (nSPS) is 13.8. The summed E-state index contributed by atoms with van der Waals surface area (Å²) in [7, 11) is 0. The summed E-state index contributed by atoms with van der Waals surface area (Å²) >= 11 is 0. The third-order valence-electron chi connectivity index (χ3n) is 2.98. The molecule has 0 amide bonds. The first-order valence-corrected chi connectivity index (χ1v) is 6.90. The van der Waals surface area contributed by atoms with E-state index in [1.165, 1.54) is 0 Å². The maximum absolute atomic E-state index is 4.60. The van der Waals surface area contributed by atoms with Crippen LogP contribution in [-0.2, 0) is 6.42 Å². The maximum Gasteiger partial charge on any atom is 0.175 e. The van der Waals surface area contributed by atoms with E-state index in [0.29, 0.717) is 11.9 Å². The average Bonchev–Trinajstić information content (AvgIpc) is 2.44. The van der Waals surface area contributed by atoms with Crippen LogP contribution in [0, 0.1) is 0 Å². The molecule has 0 saturated heterocycles. The predicted molar refractivity (Wildman–Crippen MR) is 81.8 cm³/mol. The molecule has 4 heteroatoms. The van der Waals surface area contributed by atoms with Gasteiger partial charge in [-0.3, -0.25) is 4.99 Å². The first-order valence-electron chi connectivity index (χ1n) is 6.90. The van der Waals surface area contributed by atoms with Crippen molar-refractivity contribution in [1.82, 2.24) is 9.97 Å². The van der Waals surface area contributed by atoms with E-state index in [1.807, 2.05) is 26.1 Å². The molecule has 1 atom stereocenters. The van der Waals surface area contributed by atoms with Crippen LogP contribution in [0.2, 0.25) is 0 Å². The number of aromatic nitrogens is 2. The Hall–Kier alpha value is -1.71. The molecular weight excluding hydrogens is 236 g/mol. The van der Waals surface area contributed by atoms with Crippen LogP contribution in [0.5, 0.6) is 0 Å². The van der Waals surface area contributed by atoms with Crippen molar-refractivity contribution in [2.45, 2.75) is 53.5 Å². The van der Waals surface area contributed by atoms with Crippen LogP contribution >= 0.6 is 0 Å². The van der Waals surface area contributed by atoms with Crippen molar-refractivity contribution in [3.8, 4) is 0 Å². The molecule has 0 fully saturated rings. The maximum atomic E-state index is 4.60. The van der Waals surface area contributed by atoms with Gasteiger partial charge in [-0.25, -0.2) is 9.97 Å². The second-order valence-electron chi connectivity index (χ2n) is 4.57. The Labute approximate surface area is 116 Å². The van der Waals surface area contributed by atoms with Crippen molar-refractivity contribution in [1.29, 1.82) is 0 Å². The van der Waals surface area contributed by atoms with E-state index in [2.05, 4.69) is 41.0 Å². The molecule has 104 valence electrons. The third kappa shape index (κ3) is 4.47. The first-order chi connectivity index (χ1) is 9.12. The molecule has 0 aliphatic rings. The Kier molecular flexibility index (Phi) is 6.19. The molecule has 1 N–H and O–H groups in total. The molecule has 4 nitrogen and oxygen atoms in total. The fourth-order valence-electron chi connectivity index (χ4n) is 1.54. The average molecular weight is 260 g/mol. The molecular formula is C15H24N4. The van der Waals surface area contributed by atoms with Gasteiger partial charge in [0.1, 0.15) is 5.82 Å². The molecule has 0 aromatic carbocycles. The highest BCUT2D eigenvalue weighted by Crippen LogP contribution is 2.15. The molecule has 0 aliphatic heterocycles.